The lowest BCUT2D eigenvalue weighted by molar-refractivity contribution is -0.271. The van der Waals surface area contributed by atoms with E-state index in [2.05, 4.69) is 20.4 Å². The molecule has 2 radical (unpaired) electrons. The van der Waals surface area contributed by atoms with Crippen LogP contribution in [0.5, 0.6) is 0 Å². The van der Waals surface area contributed by atoms with Gasteiger partial charge in [0.25, 0.3) is 0 Å². The molecule has 0 amide bonds. The maximum atomic E-state index is 5.79. The van der Waals surface area contributed by atoms with E-state index in [1.807, 2.05) is 6.92 Å². The highest BCUT2D eigenvalue weighted by Crippen LogP contribution is 2.29. The molecule has 0 saturated carbocycles. The number of ether oxygens (including phenoxy) is 3. The second-order valence-electron chi connectivity index (χ2n) is 4.32. The minimum Gasteiger partial charge on any atom is -0.373 e. The first kappa shape index (κ1) is 16.1. The Kier molecular flexibility index (Phi) is 8.28. The first-order valence-electron chi connectivity index (χ1n) is 5.92. The van der Waals surface area contributed by atoms with Crippen molar-refractivity contribution in [2.75, 3.05) is 20.8 Å². The summed E-state index contributed by atoms with van der Waals surface area (Å²) in [6.45, 7) is 9.23. The minimum atomic E-state index is -0.590. The topological polar surface area (TPSA) is 27.7 Å². The van der Waals surface area contributed by atoms with E-state index >= 15 is 0 Å². The third-order valence-corrected chi connectivity index (χ3v) is 3.41. The van der Waals surface area contributed by atoms with E-state index in [9.17, 15) is 0 Å². The molecule has 16 heavy (non-hydrogen) atoms. The van der Waals surface area contributed by atoms with Crippen molar-refractivity contribution < 1.29 is 14.2 Å². The SMILES string of the molecule is CCOC(C[Si]C)C(CC(C)C)(OC)OC. The van der Waals surface area contributed by atoms with Gasteiger partial charge in [-0.1, -0.05) is 20.4 Å². The third-order valence-electron chi connectivity index (χ3n) is 2.63. The highest BCUT2D eigenvalue weighted by atomic mass is 28.2. The zero-order valence-corrected chi connectivity index (χ0v) is 12.5. The van der Waals surface area contributed by atoms with E-state index in [0.717, 1.165) is 22.0 Å². The van der Waals surface area contributed by atoms with Crippen LogP contribution in [0.25, 0.3) is 0 Å². The fraction of sp³-hybridized carbons (Fsp3) is 1.00. The van der Waals surface area contributed by atoms with E-state index in [1.165, 1.54) is 0 Å². The van der Waals surface area contributed by atoms with Crippen molar-refractivity contribution in [1.29, 1.82) is 0 Å². The lowest BCUT2D eigenvalue weighted by Crippen LogP contribution is -2.48. The van der Waals surface area contributed by atoms with Gasteiger partial charge in [-0.3, -0.25) is 0 Å². The molecular formula is C12H26O3Si. The molecule has 3 nitrogen and oxygen atoms in total. The predicted octanol–water partition coefficient (Wildman–Crippen LogP) is 2.60. The number of hydrogen-bond donors (Lipinski definition) is 0. The van der Waals surface area contributed by atoms with E-state index in [1.54, 1.807) is 14.2 Å². The van der Waals surface area contributed by atoms with Crippen LogP contribution in [-0.2, 0) is 14.2 Å². The van der Waals surface area contributed by atoms with Crippen molar-refractivity contribution >= 4 is 9.52 Å². The quantitative estimate of drug-likeness (QED) is 0.462. The summed E-state index contributed by atoms with van der Waals surface area (Å²) in [5.74, 6) is -0.0734. The van der Waals surface area contributed by atoms with Crippen LogP contribution in [0.2, 0.25) is 12.6 Å². The lowest BCUT2D eigenvalue weighted by Gasteiger charge is -2.39. The molecule has 4 heteroatoms. The Morgan fingerprint density at radius 1 is 1.19 bits per heavy atom. The summed E-state index contributed by atoms with van der Waals surface area (Å²) in [7, 11) is 4.25. The Hall–Kier alpha value is 0.0969. The van der Waals surface area contributed by atoms with Gasteiger partial charge >= 0.3 is 0 Å². The van der Waals surface area contributed by atoms with E-state index in [0.29, 0.717) is 12.5 Å². The first-order chi connectivity index (χ1) is 7.56. The normalized spacial score (nSPS) is 14.4. The monoisotopic (exact) mass is 246 g/mol. The summed E-state index contributed by atoms with van der Waals surface area (Å²) in [6.07, 6.45) is 0.882. The van der Waals surface area contributed by atoms with Crippen molar-refractivity contribution in [3.63, 3.8) is 0 Å². The average Bonchev–Trinajstić information content (AvgIpc) is 2.25. The molecule has 0 rings (SSSR count). The Morgan fingerprint density at radius 3 is 2.06 bits per heavy atom. The molecule has 1 atom stereocenters. The Morgan fingerprint density at radius 2 is 1.75 bits per heavy atom. The van der Waals surface area contributed by atoms with Gasteiger partial charge in [0, 0.05) is 36.8 Å². The fourth-order valence-electron chi connectivity index (χ4n) is 1.94. The Bertz CT molecular complexity index is 164. The second kappa shape index (κ2) is 8.23. The van der Waals surface area contributed by atoms with Crippen LogP contribution in [0.1, 0.15) is 27.2 Å². The van der Waals surface area contributed by atoms with Crippen LogP contribution < -0.4 is 0 Å². The van der Waals surface area contributed by atoms with Gasteiger partial charge in [0.15, 0.2) is 5.79 Å². The van der Waals surface area contributed by atoms with E-state index in [4.69, 9.17) is 14.2 Å². The van der Waals surface area contributed by atoms with Crippen LogP contribution in [0.3, 0.4) is 0 Å². The molecule has 0 N–H and O–H groups in total. The lowest BCUT2D eigenvalue weighted by atomic mass is 9.98. The van der Waals surface area contributed by atoms with Gasteiger partial charge in [-0.25, -0.2) is 0 Å². The molecule has 1 unspecified atom stereocenters. The molecule has 0 aliphatic rings. The second-order valence-corrected chi connectivity index (χ2v) is 5.44. The molecule has 0 bridgehead atoms. The van der Waals surface area contributed by atoms with Gasteiger partial charge in [-0.2, -0.15) is 0 Å². The zero-order valence-electron chi connectivity index (χ0n) is 11.5. The van der Waals surface area contributed by atoms with E-state index in [-0.39, 0.29) is 6.10 Å². The predicted molar refractivity (Wildman–Crippen MR) is 68.0 cm³/mol. The van der Waals surface area contributed by atoms with Crippen molar-refractivity contribution in [3.8, 4) is 0 Å². The van der Waals surface area contributed by atoms with Crippen molar-refractivity contribution in [1.82, 2.24) is 0 Å². The van der Waals surface area contributed by atoms with Gasteiger partial charge < -0.3 is 14.2 Å². The summed E-state index contributed by atoms with van der Waals surface area (Å²) in [6, 6.07) is 0.988. The summed E-state index contributed by atoms with van der Waals surface area (Å²) >= 11 is 0. The van der Waals surface area contributed by atoms with Gasteiger partial charge in [0.2, 0.25) is 0 Å². The average molecular weight is 246 g/mol. The molecule has 0 heterocycles. The van der Waals surface area contributed by atoms with Crippen LogP contribution in [-0.4, -0.2) is 42.2 Å². The number of methoxy groups -OCH3 is 2. The van der Waals surface area contributed by atoms with Crippen molar-refractivity contribution in [3.05, 3.63) is 0 Å². The van der Waals surface area contributed by atoms with Gasteiger partial charge in [0.1, 0.15) is 6.10 Å². The molecule has 0 aliphatic heterocycles. The van der Waals surface area contributed by atoms with Crippen LogP contribution in [0, 0.1) is 5.92 Å². The molecule has 0 aliphatic carbocycles. The van der Waals surface area contributed by atoms with Gasteiger partial charge in [0.05, 0.1) is 0 Å². The number of hydrogen-bond acceptors (Lipinski definition) is 3. The highest BCUT2D eigenvalue weighted by Gasteiger charge is 2.40. The molecule has 0 fully saturated rings. The van der Waals surface area contributed by atoms with Crippen LogP contribution in [0.4, 0.5) is 0 Å². The molecular weight excluding hydrogens is 220 g/mol. The van der Waals surface area contributed by atoms with Gasteiger partial charge in [-0.15, -0.1) is 0 Å². The maximum Gasteiger partial charge on any atom is 0.194 e. The first-order valence-corrected chi connectivity index (χ1v) is 7.63. The standard InChI is InChI=1S/C12H26O3Si/c1-7-15-11(9-16-6)12(13-4,14-5)8-10(2)3/h10-11H,7-9H2,1-6H3. The highest BCUT2D eigenvalue weighted by molar-refractivity contribution is 6.33. The summed E-state index contributed by atoms with van der Waals surface area (Å²) in [5.41, 5.74) is 0. The Balaban J connectivity index is 4.77. The molecule has 0 spiro atoms. The van der Waals surface area contributed by atoms with Crippen LogP contribution in [0.15, 0.2) is 0 Å². The van der Waals surface area contributed by atoms with Crippen molar-refractivity contribution in [2.45, 2.75) is 51.7 Å². The molecule has 0 saturated heterocycles. The molecule has 0 aromatic rings. The smallest absolute Gasteiger partial charge is 0.194 e. The zero-order chi connectivity index (χ0) is 12.6. The summed E-state index contributed by atoms with van der Waals surface area (Å²) in [5, 5.41) is 0. The molecule has 96 valence electrons. The molecule has 0 aromatic carbocycles. The van der Waals surface area contributed by atoms with E-state index < -0.39 is 5.79 Å². The number of rotatable bonds is 9. The fourth-order valence-corrected chi connectivity index (χ4v) is 2.74. The largest absolute Gasteiger partial charge is 0.373 e. The third kappa shape index (κ3) is 4.53. The Labute approximate surface area is 103 Å². The molecule has 0 aromatic heterocycles. The van der Waals surface area contributed by atoms with Crippen molar-refractivity contribution in [2.24, 2.45) is 5.92 Å². The minimum absolute atomic E-state index is 0.0261. The van der Waals surface area contributed by atoms with Crippen LogP contribution >= 0.6 is 0 Å². The summed E-state index contributed by atoms with van der Waals surface area (Å²) < 4.78 is 17.0. The maximum absolute atomic E-state index is 5.79. The summed E-state index contributed by atoms with van der Waals surface area (Å²) in [4.78, 5) is 0. The van der Waals surface area contributed by atoms with Gasteiger partial charge in [-0.05, 0) is 18.9 Å².